The van der Waals surface area contributed by atoms with Gasteiger partial charge in [-0.15, -0.1) is 0 Å². The van der Waals surface area contributed by atoms with Crippen molar-refractivity contribution in [2.45, 2.75) is 105 Å². The molecule has 7 atom stereocenters. The number of rotatable bonds is 7. The van der Waals surface area contributed by atoms with Gasteiger partial charge in [0.1, 0.15) is 6.29 Å². The maximum atomic E-state index is 11.1. The highest BCUT2D eigenvalue weighted by molar-refractivity contribution is 5.49. The first-order valence-corrected chi connectivity index (χ1v) is 13.2. The zero-order valence-electron chi connectivity index (χ0n) is 20.4. The van der Waals surface area contributed by atoms with Gasteiger partial charge in [-0.3, -0.25) is 0 Å². The third-order valence-corrected chi connectivity index (χ3v) is 10.5. The van der Waals surface area contributed by atoms with Gasteiger partial charge in [-0.25, -0.2) is 0 Å². The van der Waals surface area contributed by atoms with E-state index in [1.54, 1.807) is 11.1 Å². The second-order valence-electron chi connectivity index (χ2n) is 12.3. The van der Waals surface area contributed by atoms with Gasteiger partial charge in [-0.2, -0.15) is 0 Å². The summed E-state index contributed by atoms with van der Waals surface area (Å²) < 4.78 is 0. The van der Waals surface area contributed by atoms with E-state index < -0.39 is 0 Å². The third kappa shape index (κ3) is 3.67. The number of allylic oxidation sites excluding steroid dienone is 4. The van der Waals surface area contributed by atoms with Gasteiger partial charge < -0.3 is 4.79 Å². The fourth-order valence-electron chi connectivity index (χ4n) is 8.38. The Morgan fingerprint density at radius 2 is 1.87 bits per heavy atom. The molecule has 0 spiro atoms. The van der Waals surface area contributed by atoms with Crippen molar-refractivity contribution in [3.05, 3.63) is 23.3 Å². The molecule has 0 radical (unpaired) electrons. The molecular weight excluding hydrogens is 364 g/mol. The Labute approximate surface area is 186 Å². The van der Waals surface area contributed by atoms with E-state index in [1.807, 2.05) is 0 Å². The van der Waals surface area contributed by atoms with Crippen LogP contribution in [-0.2, 0) is 4.79 Å². The second kappa shape index (κ2) is 8.59. The average molecular weight is 411 g/mol. The Hall–Kier alpha value is -0.850. The van der Waals surface area contributed by atoms with Crippen molar-refractivity contribution >= 4 is 6.29 Å². The van der Waals surface area contributed by atoms with E-state index in [4.69, 9.17) is 0 Å². The number of fused-ring (bicyclic) bond motifs is 5. The fourth-order valence-corrected chi connectivity index (χ4v) is 8.38. The molecule has 4 rings (SSSR count). The van der Waals surface area contributed by atoms with Crippen LogP contribution < -0.4 is 0 Å². The minimum Gasteiger partial charge on any atom is -0.303 e. The molecule has 2 fully saturated rings. The van der Waals surface area contributed by atoms with Crippen LogP contribution in [0.4, 0.5) is 0 Å². The molecule has 1 nitrogen and oxygen atoms in total. The summed E-state index contributed by atoms with van der Waals surface area (Å²) in [5, 5.41) is 0. The Morgan fingerprint density at radius 1 is 1.07 bits per heavy atom. The van der Waals surface area contributed by atoms with Gasteiger partial charge in [0.15, 0.2) is 0 Å². The van der Waals surface area contributed by atoms with Crippen molar-refractivity contribution in [1.29, 1.82) is 0 Å². The van der Waals surface area contributed by atoms with Crippen LogP contribution in [0.1, 0.15) is 105 Å². The summed E-state index contributed by atoms with van der Waals surface area (Å²) in [5.41, 5.74) is 4.47. The van der Waals surface area contributed by atoms with Crippen LogP contribution in [0, 0.1) is 46.3 Å². The molecule has 0 amide bonds. The molecular formula is C29H46O. The van der Waals surface area contributed by atoms with Crippen molar-refractivity contribution in [2.24, 2.45) is 46.3 Å². The molecule has 0 aromatic heterocycles. The Morgan fingerprint density at radius 3 is 2.60 bits per heavy atom. The van der Waals surface area contributed by atoms with Crippen LogP contribution in [-0.4, -0.2) is 6.29 Å². The third-order valence-electron chi connectivity index (χ3n) is 10.5. The zero-order chi connectivity index (χ0) is 21.5. The molecule has 0 heterocycles. The highest BCUT2D eigenvalue weighted by Crippen LogP contribution is 2.65. The molecule has 4 aliphatic carbocycles. The van der Waals surface area contributed by atoms with Crippen LogP contribution in [0.2, 0.25) is 0 Å². The summed E-state index contributed by atoms with van der Waals surface area (Å²) in [6.45, 7) is 12.3. The highest BCUT2D eigenvalue weighted by atomic mass is 16.1. The summed E-state index contributed by atoms with van der Waals surface area (Å²) >= 11 is 0. The summed E-state index contributed by atoms with van der Waals surface area (Å²) in [4.78, 5) is 11.1. The maximum Gasteiger partial charge on any atom is 0.120 e. The zero-order valence-corrected chi connectivity index (χ0v) is 20.4. The highest BCUT2D eigenvalue weighted by Gasteiger charge is 2.54. The average Bonchev–Trinajstić information content (AvgIpc) is 3.07. The molecule has 0 aromatic carbocycles. The summed E-state index contributed by atoms with van der Waals surface area (Å²) in [5.74, 6) is 4.48. The molecule has 0 saturated heterocycles. The number of hydrogen-bond donors (Lipinski definition) is 0. The van der Waals surface area contributed by atoms with Gasteiger partial charge in [-0.05, 0) is 102 Å². The van der Waals surface area contributed by atoms with Gasteiger partial charge in [0.25, 0.3) is 0 Å². The molecule has 0 N–H and O–H groups in total. The minimum absolute atomic E-state index is 0.449. The van der Waals surface area contributed by atoms with E-state index >= 15 is 0 Å². The van der Waals surface area contributed by atoms with Crippen molar-refractivity contribution in [3.63, 3.8) is 0 Å². The number of hydrogen-bond acceptors (Lipinski definition) is 1. The van der Waals surface area contributed by atoms with Crippen molar-refractivity contribution < 1.29 is 4.79 Å². The second-order valence-corrected chi connectivity index (χ2v) is 12.3. The summed E-state index contributed by atoms with van der Waals surface area (Å²) in [7, 11) is 0. The first kappa shape index (κ1) is 22.3. The predicted molar refractivity (Wildman–Crippen MR) is 127 cm³/mol. The van der Waals surface area contributed by atoms with Crippen LogP contribution in [0.5, 0.6) is 0 Å². The molecule has 2 saturated carbocycles. The molecule has 1 unspecified atom stereocenters. The lowest BCUT2D eigenvalue weighted by atomic mass is 9.52. The van der Waals surface area contributed by atoms with Crippen LogP contribution in [0.25, 0.3) is 0 Å². The van der Waals surface area contributed by atoms with E-state index in [9.17, 15) is 4.79 Å². The first-order chi connectivity index (χ1) is 14.3. The van der Waals surface area contributed by atoms with Crippen molar-refractivity contribution in [1.82, 2.24) is 0 Å². The van der Waals surface area contributed by atoms with Crippen molar-refractivity contribution in [3.8, 4) is 0 Å². The first-order valence-electron chi connectivity index (χ1n) is 13.2. The van der Waals surface area contributed by atoms with Gasteiger partial charge >= 0.3 is 0 Å². The minimum atomic E-state index is 0.449. The lowest BCUT2D eigenvalue weighted by Gasteiger charge is -2.53. The normalized spacial score (nSPS) is 40.0. The Balaban J connectivity index is 1.50. The number of carbonyl (C=O) groups is 1. The van der Waals surface area contributed by atoms with Crippen LogP contribution in [0.15, 0.2) is 23.3 Å². The Bertz CT molecular complexity index is 699. The maximum absolute atomic E-state index is 11.1. The molecule has 30 heavy (non-hydrogen) atoms. The van der Waals surface area contributed by atoms with Gasteiger partial charge in [-0.1, -0.05) is 66.0 Å². The summed E-state index contributed by atoms with van der Waals surface area (Å²) in [6, 6.07) is 0. The van der Waals surface area contributed by atoms with Gasteiger partial charge in [0.05, 0.1) is 0 Å². The van der Waals surface area contributed by atoms with Crippen LogP contribution >= 0.6 is 0 Å². The topological polar surface area (TPSA) is 17.1 Å². The SMILES string of the molecule is CC(C)[C@H](CC=O)CC[C@@H](C)[C@H]1CC[C@H]2C3=CCC4CCCC[C@]4(C)C3=CC[C@]12C. The molecule has 0 bridgehead atoms. The monoisotopic (exact) mass is 410 g/mol. The van der Waals surface area contributed by atoms with Crippen LogP contribution in [0.3, 0.4) is 0 Å². The lowest BCUT2D eigenvalue weighted by Crippen LogP contribution is -2.42. The largest absolute Gasteiger partial charge is 0.303 e. The smallest absolute Gasteiger partial charge is 0.120 e. The number of aldehydes is 1. The predicted octanol–water partition coefficient (Wildman–Crippen LogP) is 8.15. The molecule has 168 valence electrons. The lowest BCUT2D eigenvalue weighted by molar-refractivity contribution is -0.109. The van der Waals surface area contributed by atoms with E-state index in [1.165, 1.54) is 64.2 Å². The van der Waals surface area contributed by atoms with Gasteiger partial charge in [0, 0.05) is 6.42 Å². The summed E-state index contributed by atoms with van der Waals surface area (Å²) in [6.07, 6.45) is 21.0. The quantitative estimate of drug-likeness (QED) is 0.387. The van der Waals surface area contributed by atoms with E-state index in [0.29, 0.717) is 22.7 Å². The molecule has 4 aliphatic rings. The molecule has 0 aromatic rings. The van der Waals surface area contributed by atoms with Gasteiger partial charge in [0.2, 0.25) is 0 Å². The van der Waals surface area contributed by atoms with Crippen molar-refractivity contribution in [2.75, 3.05) is 0 Å². The van der Waals surface area contributed by atoms with E-state index in [2.05, 4.69) is 46.8 Å². The van der Waals surface area contributed by atoms with E-state index in [0.717, 1.165) is 36.4 Å². The standard InChI is InChI=1S/C29H46O/c1-20(2)22(16-19-30)10-9-21(3)25-13-14-26-24-12-11-23-8-6-7-17-28(23,4)27(24)15-18-29(25,26)5/h12,15,19-23,25-26H,6-11,13-14,16-18H2,1-5H3/t21-,22+,23?,25-,26+,28+,29-/m1/s1. The number of carbonyl (C=O) groups excluding carboxylic acids is 1. The Kier molecular flexibility index (Phi) is 6.40. The molecule has 0 aliphatic heterocycles. The fraction of sp³-hybridized carbons (Fsp3) is 0.828. The van der Waals surface area contributed by atoms with E-state index in [-0.39, 0.29) is 0 Å². The molecule has 1 heteroatoms.